The summed E-state index contributed by atoms with van der Waals surface area (Å²) < 4.78 is 12.0. The molecule has 1 aliphatic heterocycles. The van der Waals surface area contributed by atoms with Crippen molar-refractivity contribution in [2.45, 2.75) is 51.6 Å². The molecule has 0 bridgehead atoms. The van der Waals surface area contributed by atoms with E-state index in [1.807, 2.05) is 6.92 Å². The Morgan fingerprint density at radius 3 is 2.16 bits per heavy atom. The van der Waals surface area contributed by atoms with Gasteiger partial charge in [0.25, 0.3) is 8.32 Å². The lowest BCUT2D eigenvalue weighted by Gasteiger charge is -2.43. The largest absolute Gasteiger partial charge is 0.464 e. The quantitative estimate of drug-likeness (QED) is 0.319. The van der Waals surface area contributed by atoms with Crippen LogP contribution in [0.15, 0.2) is 65.7 Å². The van der Waals surface area contributed by atoms with Crippen LogP contribution >= 0.6 is 11.8 Å². The Morgan fingerprint density at radius 1 is 1.06 bits per heavy atom. The van der Waals surface area contributed by atoms with E-state index in [-0.39, 0.29) is 17.0 Å². The highest BCUT2D eigenvalue weighted by Gasteiger charge is 2.49. The van der Waals surface area contributed by atoms with Crippen molar-refractivity contribution in [2.24, 2.45) is 4.99 Å². The van der Waals surface area contributed by atoms with Crippen molar-refractivity contribution in [1.82, 2.24) is 0 Å². The topological polar surface area (TPSA) is 47.9 Å². The molecule has 3 rings (SSSR count). The van der Waals surface area contributed by atoms with Crippen molar-refractivity contribution in [3.8, 4) is 0 Å². The normalized spacial score (nSPS) is 16.8. The van der Waals surface area contributed by atoms with E-state index >= 15 is 0 Å². The molecule has 0 aromatic heterocycles. The van der Waals surface area contributed by atoms with E-state index < -0.39 is 8.32 Å². The number of hydrogen-bond donors (Lipinski definition) is 0. The van der Waals surface area contributed by atoms with Gasteiger partial charge in [0.15, 0.2) is 6.04 Å². The summed E-state index contributed by atoms with van der Waals surface area (Å²) in [6, 6.07) is 21.1. The van der Waals surface area contributed by atoms with E-state index in [4.69, 9.17) is 9.16 Å². The number of nitrogens with zero attached hydrogens (tertiary/aromatic N) is 1. The maximum absolute atomic E-state index is 11.9. The number of aliphatic imine (C=N–C) groups is 1. The number of carbonyl (C=O) groups is 1. The molecule has 31 heavy (non-hydrogen) atoms. The van der Waals surface area contributed by atoms with E-state index in [2.05, 4.69) is 86.4 Å². The van der Waals surface area contributed by atoms with Crippen molar-refractivity contribution in [3.63, 3.8) is 0 Å². The summed E-state index contributed by atoms with van der Waals surface area (Å²) >= 11 is 1.67. The number of ether oxygens (including phenoxy) is 1. The van der Waals surface area contributed by atoms with Gasteiger partial charge in [0, 0.05) is 12.4 Å². The molecular weight excluding hydrogens is 422 g/mol. The van der Waals surface area contributed by atoms with Gasteiger partial charge in [-0.05, 0) is 35.2 Å². The first-order chi connectivity index (χ1) is 14.9. The highest BCUT2D eigenvalue weighted by molar-refractivity contribution is 8.14. The minimum absolute atomic E-state index is 0.0235. The van der Waals surface area contributed by atoms with Crippen LogP contribution in [0.5, 0.6) is 0 Å². The number of esters is 1. The fourth-order valence-corrected chi connectivity index (χ4v) is 9.79. The van der Waals surface area contributed by atoms with Gasteiger partial charge in [-0.15, -0.1) is 11.8 Å². The lowest BCUT2D eigenvalue weighted by molar-refractivity contribution is -0.143. The molecule has 0 spiro atoms. The Balaban J connectivity index is 1.75. The summed E-state index contributed by atoms with van der Waals surface area (Å²) in [4.78, 5) is 16.5. The van der Waals surface area contributed by atoms with Crippen LogP contribution in [-0.4, -0.2) is 44.3 Å². The molecule has 2 aromatic rings. The molecule has 0 unspecified atom stereocenters. The minimum Gasteiger partial charge on any atom is -0.464 e. The molecule has 0 N–H and O–H groups in total. The number of rotatable bonds is 9. The fourth-order valence-electron chi connectivity index (χ4n) is 4.13. The number of hydrogen-bond acceptors (Lipinski definition) is 5. The second-order valence-electron chi connectivity index (χ2n) is 8.72. The summed E-state index contributed by atoms with van der Waals surface area (Å²) in [6.07, 6.45) is 1.71. The van der Waals surface area contributed by atoms with Gasteiger partial charge in [-0.2, -0.15) is 0 Å². The van der Waals surface area contributed by atoms with E-state index in [9.17, 15) is 4.79 Å². The van der Waals surface area contributed by atoms with Crippen molar-refractivity contribution in [3.05, 3.63) is 60.7 Å². The number of benzene rings is 2. The molecule has 6 heteroatoms. The van der Waals surface area contributed by atoms with Crippen LogP contribution in [0.4, 0.5) is 0 Å². The molecule has 0 fully saturated rings. The summed E-state index contributed by atoms with van der Waals surface area (Å²) in [5.74, 6) is 0.470. The molecule has 1 aliphatic rings. The second kappa shape index (κ2) is 10.6. The average molecular weight is 456 g/mol. The third-order valence-electron chi connectivity index (χ3n) is 5.54. The molecule has 0 saturated heterocycles. The van der Waals surface area contributed by atoms with Gasteiger partial charge in [-0.3, -0.25) is 4.99 Å². The van der Waals surface area contributed by atoms with Gasteiger partial charge in [0.2, 0.25) is 0 Å². The van der Waals surface area contributed by atoms with Gasteiger partial charge < -0.3 is 9.16 Å². The summed E-state index contributed by atoms with van der Waals surface area (Å²) in [6.45, 7) is 9.76. The van der Waals surface area contributed by atoms with E-state index in [1.54, 1.807) is 11.8 Å². The van der Waals surface area contributed by atoms with Gasteiger partial charge in [0.1, 0.15) is 0 Å². The Labute approximate surface area is 191 Å². The number of thioether (sulfide) groups is 1. The molecule has 1 heterocycles. The van der Waals surface area contributed by atoms with Crippen molar-refractivity contribution in [1.29, 1.82) is 0 Å². The van der Waals surface area contributed by atoms with Crippen LogP contribution in [0.25, 0.3) is 0 Å². The molecule has 1 atom stereocenters. The maximum Gasteiger partial charge on any atom is 0.331 e. The van der Waals surface area contributed by atoms with E-state index in [1.165, 1.54) is 10.4 Å². The predicted molar refractivity (Wildman–Crippen MR) is 133 cm³/mol. The Kier molecular flexibility index (Phi) is 8.14. The third kappa shape index (κ3) is 5.48. The Bertz CT molecular complexity index is 841. The molecule has 0 aliphatic carbocycles. The van der Waals surface area contributed by atoms with E-state index in [0.29, 0.717) is 19.0 Å². The summed E-state index contributed by atoms with van der Waals surface area (Å²) in [7, 11) is -2.49. The van der Waals surface area contributed by atoms with Crippen LogP contribution in [0.2, 0.25) is 5.04 Å². The van der Waals surface area contributed by atoms with Crippen LogP contribution in [0.3, 0.4) is 0 Å². The van der Waals surface area contributed by atoms with Gasteiger partial charge in [0.05, 0.1) is 11.7 Å². The summed E-state index contributed by atoms with van der Waals surface area (Å²) in [5, 5.41) is 3.60. The van der Waals surface area contributed by atoms with Crippen molar-refractivity contribution >= 4 is 41.5 Å². The Hall–Kier alpha value is -1.89. The maximum atomic E-state index is 11.9. The zero-order valence-electron chi connectivity index (χ0n) is 19.0. The van der Waals surface area contributed by atoms with Crippen LogP contribution in [-0.2, 0) is 14.0 Å². The van der Waals surface area contributed by atoms with Crippen LogP contribution in [0.1, 0.15) is 40.5 Å². The fraction of sp³-hybridized carbons (Fsp3) is 0.440. The molecule has 0 amide bonds. The molecular formula is C25H33NO3SSi. The van der Waals surface area contributed by atoms with Crippen molar-refractivity contribution < 1.29 is 14.0 Å². The zero-order valence-corrected chi connectivity index (χ0v) is 20.8. The van der Waals surface area contributed by atoms with Crippen LogP contribution in [0, 0.1) is 0 Å². The lowest BCUT2D eigenvalue weighted by Crippen LogP contribution is -2.66. The molecule has 0 radical (unpaired) electrons. The molecule has 2 aromatic carbocycles. The molecule has 166 valence electrons. The number of carbonyl (C=O) groups excluding carboxylic acids is 1. The Morgan fingerprint density at radius 2 is 1.65 bits per heavy atom. The third-order valence-corrected chi connectivity index (χ3v) is 11.7. The summed E-state index contributed by atoms with van der Waals surface area (Å²) in [5.41, 5.74) is 0. The highest BCUT2D eigenvalue weighted by atomic mass is 32.2. The van der Waals surface area contributed by atoms with Gasteiger partial charge in [-0.1, -0.05) is 81.4 Å². The predicted octanol–water partition coefficient (Wildman–Crippen LogP) is 4.42. The average Bonchev–Trinajstić information content (AvgIpc) is 3.24. The minimum atomic E-state index is -2.49. The van der Waals surface area contributed by atoms with Crippen molar-refractivity contribution in [2.75, 3.05) is 19.0 Å². The van der Waals surface area contributed by atoms with Gasteiger partial charge in [-0.25, -0.2) is 4.79 Å². The van der Waals surface area contributed by atoms with Gasteiger partial charge >= 0.3 is 5.97 Å². The lowest BCUT2D eigenvalue weighted by atomic mass is 10.2. The van der Waals surface area contributed by atoms with E-state index in [0.717, 1.165) is 17.9 Å². The standard InChI is InChI=1S/C25H33NO3SSi/c1-5-28-24(27)22-19-30-23(26-22)17-12-18-29-31(25(2,3)4,20-13-8-6-9-14-20)21-15-10-7-11-16-21/h6-11,13-16,22H,5,12,17-19H2,1-4H3/t22-/m0/s1. The molecule has 0 saturated carbocycles. The van der Waals surface area contributed by atoms with Crippen LogP contribution < -0.4 is 10.4 Å². The SMILES string of the molecule is CCOC(=O)[C@@H]1CSC(CCCO[Si](c2ccccc2)(c2ccccc2)C(C)(C)C)=N1. The zero-order chi connectivity index (χ0) is 22.3. The highest BCUT2D eigenvalue weighted by Crippen LogP contribution is 2.37. The molecule has 4 nitrogen and oxygen atoms in total. The first-order valence-corrected chi connectivity index (χ1v) is 13.9. The monoisotopic (exact) mass is 455 g/mol. The smallest absolute Gasteiger partial charge is 0.331 e. The first kappa shape index (κ1) is 23.8. The second-order valence-corrected chi connectivity index (χ2v) is 14.1. The first-order valence-electron chi connectivity index (χ1n) is 11.0.